The van der Waals surface area contributed by atoms with Gasteiger partial charge in [-0.05, 0) is 30.2 Å². The highest BCUT2D eigenvalue weighted by Gasteiger charge is 2.29. The first-order valence-electron chi connectivity index (χ1n) is 3.94. The molecule has 1 aliphatic carbocycles. The van der Waals surface area contributed by atoms with Gasteiger partial charge in [0, 0.05) is 10.0 Å². The van der Waals surface area contributed by atoms with Crippen LogP contribution in [0.25, 0.3) is 0 Å². The third-order valence-corrected chi connectivity index (χ3v) is 2.72. The van der Waals surface area contributed by atoms with Crippen molar-refractivity contribution in [2.45, 2.75) is 6.42 Å². The third-order valence-electron chi connectivity index (χ3n) is 2.23. The van der Waals surface area contributed by atoms with E-state index in [4.69, 9.17) is 5.26 Å². The quantitative estimate of drug-likeness (QED) is 0.693. The second kappa shape index (κ2) is 2.97. The summed E-state index contributed by atoms with van der Waals surface area (Å²) in [5.74, 6) is -0.505. The van der Waals surface area contributed by atoms with Crippen LogP contribution in [0.4, 0.5) is 0 Å². The lowest BCUT2D eigenvalue weighted by atomic mass is 10.1. The van der Waals surface area contributed by atoms with Crippen molar-refractivity contribution in [3.63, 3.8) is 0 Å². The lowest BCUT2D eigenvalue weighted by Crippen LogP contribution is -2.05. The van der Waals surface area contributed by atoms with Crippen LogP contribution in [0.1, 0.15) is 15.9 Å². The first kappa shape index (κ1) is 8.46. The molecule has 2 nitrogen and oxygen atoms in total. The van der Waals surface area contributed by atoms with Gasteiger partial charge in [0.1, 0.15) is 5.92 Å². The van der Waals surface area contributed by atoms with E-state index < -0.39 is 5.92 Å². The van der Waals surface area contributed by atoms with Crippen LogP contribution < -0.4 is 0 Å². The van der Waals surface area contributed by atoms with E-state index in [1.807, 2.05) is 18.2 Å². The Balaban J connectivity index is 2.51. The Morgan fingerprint density at radius 1 is 1.54 bits per heavy atom. The Labute approximate surface area is 84.3 Å². The Bertz CT molecular complexity index is 419. The van der Waals surface area contributed by atoms with Gasteiger partial charge in [0.2, 0.25) is 0 Å². The van der Waals surface area contributed by atoms with E-state index in [1.54, 1.807) is 6.07 Å². The Kier molecular flexibility index (Phi) is 1.93. The van der Waals surface area contributed by atoms with Crippen LogP contribution in [-0.2, 0) is 6.42 Å². The highest BCUT2D eigenvalue weighted by molar-refractivity contribution is 9.10. The molecule has 0 aromatic heterocycles. The molecule has 1 aromatic carbocycles. The molecule has 64 valence electrons. The molecule has 0 aliphatic heterocycles. The zero-order valence-electron chi connectivity index (χ0n) is 6.75. The molecule has 13 heavy (non-hydrogen) atoms. The molecule has 1 aromatic rings. The summed E-state index contributed by atoms with van der Waals surface area (Å²) in [6, 6.07) is 7.53. The van der Waals surface area contributed by atoms with Crippen molar-refractivity contribution in [3.8, 4) is 6.07 Å². The van der Waals surface area contributed by atoms with E-state index in [0.29, 0.717) is 12.0 Å². The predicted molar refractivity (Wildman–Crippen MR) is 51.3 cm³/mol. The van der Waals surface area contributed by atoms with Crippen molar-refractivity contribution in [1.29, 1.82) is 5.26 Å². The number of Topliss-reactive ketones (excluding diaryl/α,β-unsaturated/α-hetero) is 1. The molecule has 1 atom stereocenters. The van der Waals surface area contributed by atoms with Gasteiger partial charge in [0.25, 0.3) is 0 Å². The molecule has 2 rings (SSSR count). The number of benzene rings is 1. The maximum absolute atomic E-state index is 11.5. The molecule has 0 bridgehead atoms. The molecular weight excluding hydrogens is 230 g/mol. The van der Waals surface area contributed by atoms with E-state index >= 15 is 0 Å². The van der Waals surface area contributed by atoms with Gasteiger partial charge in [-0.3, -0.25) is 4.79 Å². The number of rotatable bonds is 0. The molecular formula is C10H6BrNO. The lowest BCUT2D eigenvalue weighted by Gasteiger charge is -1.95. The smallest absolute Gasteiger partial charge is 0.180 e. The van der Waals surface area contributed by atoms with E-state index in [1.165, 1.54) is 0 Å². The van der Waals surface area contributed by atoms with Gasteiger partial charge in [-0.15, -0.1) is 0 Å². The summed E-state index contributed by atoms with van der Waals surface area (Å²) in [5, 5.41) is 8.70. The second-order valence-corrected chi connectivity index (χ2v) is 3.97. The predicted octanol–water partition coefficient (Wildman–Crippen LogP) is 2.33. The molecule has 1 aliphatic rings. The minimum Gasteiger partial charge on any atom is -0.293 e. The monoisotopic (exact) mass is 235 g/mol. The fourth-order valence-electron chi connectivity index (χ4n) is 1.58. The maximum atomic E-state index is 11.5. The number of carbonyl (C=O) groups excluding carboxylic acids is 1. The summed E-state index contributed by atoms with van der Waals surface area (Å²) < 4.78 is 0.956. The first-order valence-corrected chi connectivity index (χ1v) is 4.74. The number of hydrogen-bond acceptors (Lipinski definition) is 2. The minimum atomic E-state index is -0.468. The van der Waals surface area contributed by atoms with Crippen LogP contribution in [0, 0.1) is 17.2 Å². The van der Waals surface area contributed by atoms with Crippen LogP contribution >= 0.6 is 15.9 Å². The fourth-order valence-corrected chi connectivity index (χ4v) is 1.98. The Morgan fingerprint density at radius 2 is 2.31 bits per heavy atom. The highest BCUT2D eigenvalue weighted by Crippen LogP contribution is 2.28. The zero-order chi connectivity index (χ0) is 9.42. The van der Waals surface area contributed by atoms with Crippen molar-refractivity contribution in [1.82, 2.24) is 0 Å². The zero-order valence-corrected chi connectivity index (χ0v) is 8.34. The standard InChI is InChI=1S/C10H6BrNO/c11-8-1-2-9-6(4-8)3-7(5-12)10(9)13/h1-2,4,7H,3H2. The largest absolute Gasteiger partial charge is 0.293 e. The summed E-state index contributed by atoms with van der Waals surface area (Å²) in [6.07, 6.45) is 0.560. The lowest BCUT2D eigenvalue weighted by molar-refractivity contribution is 0.0963. The number of nitriles is 1. The number of carbonyl (C=O) groups is 1. The van der Waals surface area contributed by atoms with E-state index in [0.717, 1.165) is 10.0 Å². The SMILES string of the molecule is N#CC1Cc2cc(Br)ccc2C1=O. The second-order valence-electron chi connectivity index (χ2n) is 3.05. The molecule has 0 spiro atoms. The molecule has 3 heteroatoms. The van der Waals surface area contributed by atoms with E-state index in [-0.39, 0.29) is 5.78 Å². The van der Waals surface area contributed by atoms with Gasteiger partial charge in [0.05, 0.1) is 6.07 Å². The third kappa shape index (κ3) is 1.27. The first-order chi connectivity index (χ1) is 6.22. The van der Waals surface area contributed by atoms with Gasteiger partial charge < -0.3 is 0 Å². The van der Waals surface area contributed by atoms with Crippen molar-refractivity contribution in [3.05, 3.63) is 33.8 Å². The molecule has 0 saturated carbocycles. The highest BCUT2D eigenvalue weighted by atomic mass is 79.9. The van der Waals surface area contributed by atoms with Crippen LogP contribution in [0.3, 0.4) is 0 Å². The van der Waals surface area contributed by atoms with Crippen LogP contribution in [0.5, 0.6) is 0 Å². The van der Waals surface area contributed by atoms with Crippen molar-refractivity contribution in [2.75, 3.05) is 0 Å². The van der Waals surface area contributed by atoms with Crippen LogP contribution in [-0.4, -0.2) is 5.78 Å². The summed E-state index contributed by atoms with van der Waals surface area (Å²) in [7, 11) is 0. The summed E-state index contributed by atoms with van der Waals surface area (Å²) in [6.45, 7) is 0. The number of ketones is 1. The van der Waals surface area contributed by atoms with Crippen molar-refractivity contribution >= 4 is 21.7 Å². The normalized spacial score (nSPS) is 19.7. The number of fused-ring (bicyclic) bond motifs is 1. The van der Waals surface area contributed by atoms with Crippen molar-refractivity contribution in [2.24, 2.45) is 5.92 Å². The maximum Gasteiger partial charge on any atom is 0.180 e. The van der Waals surface area contributed by atoms with Gasteiger partial charge in [0.15, 0.2) is 5.78 Å². The fraction of sp³-hybridized carbons (Fsp3) is 0.200. The molecule has 0 heterocycles. The average Bonchev–Trinajstić information content (AvgIpc) is 2.42. The molecule has 0 saturated heterocycles. The van der Waals surface area contributed by atoms with Gasteiger partial charge in [-0.25, -0.2) is 0 Å². The minimum absolute atomic E-state index is 0.0370. The van der Waals surface area contributed by atoms with E-state index in [2.05, 4.69) is 15.9 Å². The molecule has 1 unspecified atom stereocenters. The molecule has 0 N–H and O–H groups in total. The van der Waals surface area contributed by atoms with Crippen LogP contribution in [0.2, 0.25) is 0 Å². The summed E-state index contributed by atoms with van der Waals surface area (Å²) in [5.41, 5.74) is 1.68. The molecule has 0 amide bonds. The average molecular weight is 236 g/mol. The Hall–Kier alpha value is -1.14. The molecule has 0 radical (unpaired) electrons. The summed E-state index contributed by atoms with van der Waals surface area (Å²) in [4.78, 5) is 11.5. The number of nitrogens with zero attached hydrogens (tertiary/aromatic N) is 1. The van der Waals surface area contributed by atoms with E-state index in [9.17, 15) is 4.79 Å². The number of halogens is 1. The van der Waals surface area contributed by atoms with Crippen LogP contribution in [0.15, 0.2) is 22.7 Å². The van der Waals surface area contributed by atoms with Crippen molar-refractivity contribution < 1.29 is 4.79 Å². The summed E-state index contributed by atoms with van der Waals surface area (Å²) >= 11 is 3.33. The molecule has 0 fully saturated rings. The topological polar surface area (TPSA) is 40.9 Å². The number of hydrogen-bond donors (Lipinski definition) is 0. The van der Waals surface area contributed by atoms with Gasteiger partial charge in [-0.2, -0.15) is 5.26 Å². The Morgan fingerprint density at radius 3 is 3.00 bits per heavy atom. The van der Waals surface area contributed by atoms with Gasteiger partial charge >= 0.3 is 0 Å². The van der Waals surface area contributed by atoms with Gasteiger partial charge in [-0.1, -0.05) is 15.9 Å².